The van der Waals surface area contributed by atoms with Gasteiger partial charge in [0.25, 0.3) is 0 Å². The highest BCUT2D eigenvalue weighted by atomic mass is 32.2. The Labute approximate surface area is 185 Å². The van der Waals surface area contributed by atoms with E-state index in [1.54, 1.807) is 5.10 Å². The predicted molar refractivity (Wildman–Crippen MR) is 103 cm³/mol. The van der Waals surface area contributed by atoms with E-state index in [1.807, 2.05) is 0 Å². The van der Waals surface area contributed by atoms with E-state index >= 15 is 0 Å². The fraction of sp³-hybridized carbons (Fsp3) is 0.500. The summed E-state index contributed by atoms with van der Waals surface area (Å²) in [6, 6.07) is 4.74. The minimum Gasteiger partial charge on any atom is -0.406 e. The number of ketones is 1. The number of nitrogens with one attached hydrogen (secondary N) is 1. The Morgan fingerprint density at radius 1 is 1.12 bits per heavy atom. The van der Waals surface area contributed by atoms with Gasteiger partial charge in [-0.1, -0.05) is 6.07 Å². The molecule has 3 rings (SSSR count). The van der Waals surface area contributed by atoms with Crippen LogP contribution < -0.4 is 4.74 Å². The smallest absolute Gasteiger partial charge is 0.406 e. The van der Waals surface area contributed by atoms with Crippen LogP contribution in [0.1, 0.15) is 49.3 Å². The van der Waals surface area contributed by atoms with Gasteiger partial charge < -0.3 is 4.74 Å². The number of ether oxygens (including phenoxy) is 1. The number of hydrogen-bond donors (Lipinski definition) is 1. The fourth-order valence-corrected chi connectivity index (χ4v) is 5.58. The molecule has 0 unspecified atom stereocenters. The molecule has 1 aromatic heterocycles. The number of nitrogens with zero attached hydrogens (tertiary/aromatic N) is 1. The molecule has 2 aromatic rings. The van der Waals surface area contributed by atoms with E-state index in [2.05, 4.69) is 9.84 Å². The van der Waals surface area contributed by atoms with Gasteiger partial charge in [0.2, 0.25) is 0 Å². The van der Waals surface area contributed by atoms with Gasteiger partial charge in [-0.25, -0.2) is 8.42 Å². The van der Waals surface area contributed by atoms with Crippen LogP contribution in [0.5, 0.6) is 5.75 Å². The molecule has 1 saturated carbocycles. The van der Waals surface area contributed by atoms with E-state index < -0.39 is 50.3 Å². The second-order valence-electron chi connectivity index (χ2n) is 8.46. The number of rotatable bonds is 7. The van der Waals surface area contributed by atoms with Crippen molar-refractivity contribution < 1.29 is 44.3 Å². The summed E-state index contributed by atoms with van der Waals surface area (Å²) in [5.41, 5.74) is -1.49. The number of carbonyl (C=O) groups excluding carboxylic acids is 1. The molecule has 1 aromatic carbocycles. The average Bonchev–Trinajstić information content (AvgIpc) is 3.13. The van der Waals surface area contributed by atoms with E-state index in [-0.39, 0.29) is 22.9 Å². The van der Waals surface area contributed by atoms with Crippen LogP contribution in [0.2, 0.25) is 0 Å². The second-order valence-corrected chi connectivity index (χ2v) is 11.0. The number of carbonyl (C=O) groups is 1. The SMILES string of the molecule is CC(C)(C1CC(CC(=O)c2cc(C(F)(F)F)[nH]n2)C1)S(=O)(=O)c1cccc(OC(F)(F)F)c1. The summed E-state index contributed by atoms with van der Waals surface area (Å²) in [6.07, 6.45) is -9.10. The van der Waals surface area contributed by atoms with Crippen molar-refractivity contribution in [2.45, 2.75) is 55.3 Å². The molecule has 0 radical (unpaired) electrons. The highest BCUT2D eigenvalue weighted by Crippen LogP contribution is 2.48. The average molecular weight is 498 g/mol. The van der Waals surface area contributed by atoms with Crippen LogP contribution in [0.15, 0.2) is 35.2 Å². The van der Waals surface area contributed by atoms with Crippen molar-refractivity contribution in [3.05, 3.63) is 41.7 Å². The number of halogens is 6. The highest BCUT2D eigenvalue weighted by molar-refractivity contribution is 7.92. The molecule has 1 aliphatic rings. The van der Waals surface area contributed by atoms with Crippen molar-refractivity contribution in [3.8, 4) is 5.75 Å². The van der Waals surface area contributed by atoms with Gasteiger partial charge in [-0.15, -0.1) is 13.2 Å². The Morgan fingerprint density at radius 3 is 2.30 bits per heavy atom. The van der Waals surface area contributed by atoms with Gasteiger partial charge in [-0.05, 0) is 62.8 Å². The van der Waals surface area contributed by atoms with Crippen molar-refractivity contribution in [3.63, 3.8) is 0 Å². The first-order valence-corrected chi connectivity index (χ1v) is 11.3. The third-order valence-corrected chi connectivity index (χ3v) is 8.50. The van der Waals surface area contributed by atoms with Gasteiger partial charge in [-0.3, -0.25) is 9.89 Å². The standard InChI is InChI=1S/C20H20F6N2O4S/c1-18(2,33(30,31)14-5-3-4-13(9-14)32-20(24,25)26)12-6-11(7-12)8-16(29)15-10-17(28-27-15)19(21,22)23/h3-5,9-12H,6-8H2,1-2H3,(H,27,28). The topological polar surface area (TPSA) is 89.1 Å². The van der Waals surface area contributed by atoms with Crippen LogP contribution in [0, 0.1) is 11.8 Å². The van der Waals surface area contributed by atoms with E-state index in [0.29, 0.717) is 18.9 Å². The lowest BCUT2D eigenvalue weighted by molar-refractivity contribution is -0.274. The number of aromatic amines is 1. The zero-order chi connectivity index (χ0) is 24.8. The first kappa shape index (κ1) is 25.1. The van der Waals surface area contributed by atoms with E-state index in [9.17, 15) is 39.6 Å². The summed E-state index contributed by atoms with van der Waals surface area (Å²) in [5, 5.41) is 5.16. The molecular formula is C20H20F6N2O4S. The largest absolute Gasteiger partial charge is 0.573 e. The monoisotopic (exact) mass is 498 g/mol. The molecule has 0 atom stereocenters. The maximum absolute atomic E-state index is 13.1. The third-order valence-electron chi connectivity index (χ3n) is 5.90. The minimum atomic E-state index is -4.97. The minimum absolute atomic E-state index is 0.0936. The van der Waals surface area contributed by atoms with Crippen molar-refractivity contribution in [2.24, 2.45) is 11.8 Å². The van der Waals surface area contributed by atoms with E-state index in [4.69, 9.17) is 0 Å². The zero-order valence-corrected chi connectivity index (χ0v) is 18.2. The number of H-pyrrole nitrogens is 1. The molecule has 0 aliphatic heterocycles. The molecular weight excluding hydrogens is 478 g/mol. The lowest BCUT2D eigenvalue weighted by Crippen LogP contribution is -2.46. The van der Waals surface area contributed by atoms with Gasteiger partial charge in [0.05, 0.1) is 9.64 Å². The molecule has 182 valence electrons. The maximum atomic E-state index is 13.1. The second kappa shape index (κ2) is 8.33. The molecule has 6 nitrogen and oxygen atoms in total. The fourth-order valence-electron chi connectivity index (χ4n) is 3.81. The number of Topliss-reactive ketones (excluding diaryl/α,β-unsaturated/α-hetero) is 1. The summed E-state index contributed by atoms with van der Waals surface area (Å²) in [7, 11) is -4.07. The van der Waals surface area contributed by atoms with E-state index in [0.717, 1.165) is 18.2 Å². The molecule has 1 N–H and O–H groups in total. The Balaban J connectivity index is 1.66. The first-order valence-electron chi connectivity index (χ1n) is 9.77. The van der Waals surface area contributed by atoms with Gasteiger partial charge in [0.15, 0.2) is 15.6 Å². The third kappa shape index (κ3) is 5.33. The Kier molecular flexibility index (Phi) is 6.33. The number of aromatic nitrogens is 2. The molecule has 1 heterocycles. The summed E-state index contributed by atoms with van der Waals surface area (Å²) in [6.45, 7) is 2.90. The molecule has 33 heavy (non-hydrogen) atoms. The van der Waals surface area contributed by atoms with Crippen molar-refractivity contribution in [2.75, 3.05) is 0 Å². The summed E-state index contributed by atoms with van der Waals surface area (Å²) in [5.74, 6) is -1.91. The van der Waals surface area contributed by atoms with Crippen LogP contribution in [-0.4, -0.2) is 35.5 Å². The molecule has 1 fully saturated rings. The van der Waals surface area contributed by atoms with E-state index in [1.165, 1.54) is 19.9 Å². The van der Waals surface area contributed by atoms with Gasteiger partial charge in [0.1, 0.15) is 17.1 Å². The van der Waals surface area contributed by atoms with Gasteiger partial charge in [0, 0.05) is 6.42 Å². The zero-order valence-electron chi connectivity index (χ0n) is 17.4. The number of hydrogen-bond acceptors (Lipinski definition) is 5. The van der Waals surface area contributed by atoms with Crippen LogP contribution in [0.3, 0.4) is 0 Å². The summed E-state index contributed by atoms with van der Waals surface area (Å²) < 4.78 is 104. The maximum Gasteiger partial charge on any atom is 0.573 e. The van der Waals surface area contributed by atoms with Crippen molar-refractivity contribution in [1.29, 1.82) is 0 Å². The highest BCUT2D eigenvalue weighted by Gasteiger charge is 2.49. The van der Waals surface area contributed by atoms with Gasteiger partial charge in [-0.2, -0.15) is 18.3 Å². The van der Waals surface area contributed by atoms with Crippen LogP contribution >= 0.6 is 0 Å². The van der Waals surface area contributed by atoms with Crippen LogP contribution in [0.4, 0.5) is 26.3 Å². The van der Waals surface area contributed by atoms with Crippen LogP contribution in [0.25, 0.3) is 0 Å². The molecule has 0 amide bonds. The summed E-state index contributed by atoms with van der Waals surface area (Å²) in [4.78, 5) is 11.9. The molecule has 0 spiro atoms. The molecule has 13 heteroatoms. The number of alkyl halides is 6. The van der Waals surface area contributed by atoms with Crippen molar-refractivity contribution in [1.82, 2.24) is 10.2 Å². The van der Waals surface area contributed by atoms with Gasteiger partial charge >= 0.3 is 12.5 Å². The van der Waals surface area contributed by atoms with Crippen molar-refractivity contribution >= 4 is 15.6 Å². The Morgan fingerprint density at radius 2 is 1.76 bits per heavy atom. The quantitative estimate of drug-likeness (QED) is 0.420. The number of benzene rings is 1. The number of sulfone groups is 1. The van der Waals surface area contributed by atoms with Crippen LogP contribution in [-0.2, 0) is 16.0 Å². The first-order chi connectivity index (χ1) is 15.0. The Bertz CT molecular complexity index is 1130. The molecule has 1 aliphatic carbocycles. The summed E-state index contributed by atoms with van der Waals surface area (Å²) >= 11 is 0. The molecule has 0 saturated heterocycles. The predicted octanol–water partition coefficient (Wildman–Crippen LogP) is 5.18. The lowest BCUT2D eigenvalue weighted by Gasteiger charge is -2.44. The molecule has 0 bridgehead atoms. The Hall–Kier alpha value is -2.57. The normalized spacial score (nSPS) is 19.8. The lowest BCUT2D eigenvalue weighted by atomic mass is 9.67.